The van der Waals surface area contributed by atoms with Crippen molar-refractivity contribution >= 4 is 23.2 Å². The Morgan fingerprint density at radius 3 is 2.47 bits per heavy atom. The predicted molar refractivity (Wildman–Crippen MR) is 157 cm³/mol. The molecule has 1 aromatic heterocycles. The third-order valence-corrected chi connectivity index (χ3v) is 8.21. The number of aromatic nitrogens is 2. The summed E-state index contributed by atoms with van der Waals surface area (Å²) in [6, 6.07) is 18.6. The SMILES string of the molecule is O=C(N[C@H]1N=C(c2ccccc2)c2cccc(F)c2NC1=O)c1cnn(C2CCOCC2)c1-c1ccc(C2CC2)cc1F. The molecular formula is C33H29F2N5O3. The van der Waals surface area contributed by atoms with E-state index in [1.165, 1.54) is 24.4 Å². The number of fused-ring (bicyclic) bond motifs is 1. The number of rotatable bonds is 6. The van der Waals surface area contributed by atoms with E-state index in [0.717, 1.165) is 18.4 Å². The van der Waals surface area contributed by atoms with Crippen LogP contribution in [0.3, 0.4) is 0 Å². The highest BCUT2D eigenvalue weighted by Crippen LogP contribution is 2.42. The molecule has 10 heteroatoms. The van der Waals surface area contributed by atoms with Gasteiger partial charge in [-0.05, 0) is 55.4 Å². The van der Waals surface area contributed by atoms with Gasteiger partial charge in [0.25, 0.3) is 11.8 Å². The number of hydrogen-bond donors (Lipinski definition) is 2. The fourth-order valence-corrected chi connectivity index (χ4v) is 5.82. The zero-order valence-corrected chi connectivity index (χ0v) is 23.2. The van der Waals surface area contributed by atoms with Crippen molar-refractivity contribution < 1.29 is 23.1 Å². The summed E-state index contributed by atoms with van der Waals surface area (Å²) in [5.41, 5.74) is 3.01. The van der Waals surface area contributed by atoms with Gasteiger partial charge in [-0.3, -0.25) is 14.3 Å². The first-order valence-corrected chi connectivity index (χ1v) is 14.5. The minimum atomic E-state index is -1.39. The van der Waals surface area contributed by atoms with Gasteiger partial charge in [0.15, 0.2) is 0 Å². The molecule has 0 unspecified atom stereocenters. The Morgan fingerprint density at radius 2 is 1.72 bits per heavy atom. The fourth-order valence-electron chi connectivity index (χ4n) is 5.82. The molecule has 218 valence electrons. The van der Waals surface area contributed by atoms with E-state index in [9.17, 15) is 14.0 Å². The summed E-state index contributed by atoms with van der Waals surface area (Å²) in [7, 11) is 0. The summed E-state index contributed by atoms with van der Waals surface area (Å²) in [4.78, 5) is 31.9. The quantitative estimate of drug-likeness (QED) is 0.310. The van der Waals surface area contributed by atoms with E-state index in [1.54, 1.807) is 28.9 Å². The number of ether oxygens (including phenoxy) is 1. The summed E-state index contributed by atoms with van der Waals surface area (Å²) < 4.78 is 37.8. The van der Waals surface area contributed by atoms with Crippen molar-refractivity contribution in [1.82, 2.24) is 15.1 Å². The van der Waals surface area contributed by atoms with Crippen LogP contribution in [0.4, 0.5) is 14.5 Å². The average Bonchev–Trinajstić information content (AvgIpc) is 3.81. The van der Waals surface area contributed by atoms with Gasteiger partial charge in [0.1, 0.15) is 11.6 Å². The maximum Gasteiger partial charge on any atom is 0.269 e. The largest absolute Gasteiger partial charge is 0.381 e. The molecule has 2 aliphatic heterocycles. The first-order valence-electron chi connectivity index (χ1n) is 14.5. The molecule has 1 atom stereocenters. The van der Waals surface area contributed by atoms with E-state index in [-0.39, 0.29) is 22.9 Å². The number of nitrogens with one attached hydrogen (secondary N) is 2. The summed E-state index contributed by atoms with van der Waals surface area (Å²) >= 11 is 0. The van der Waals surface area contributed by atoms with Crippen LogP contribution in [0.25, 0.3) is 11.3 Å². The Balaban J connectivity index is 1.28. The second kappa shape index (κ2) is 11.2. The van der Waals surface area contributed by atoms with E-state index in [4.69, 9.17) is 4.74 Å². The monoisotopic (exact) mass is 581 g/mol. The van der Waals surface area contributed by atoms with Crippen molar-refractivity contribution in [3.8, 4) is 11.3 Å². The molecule has 2 N–H and O–H groups in total. The lowest BCUT2D eigenvalue weighted by Gasteiger charge is -2.25. The average molecular weight is 582 g/mol. The Labute approximate surface area is 246 Å². The van der Waals surface area contributed by atoms with Crippen molar-refractivity contribution in [3.63, 3.8) is 0 Å². The molecule has 1 aliphatic carbocycles. The number of halogens is 2. The molecule has 8 nitrogen and oxygen atoms in total. The number of nitrogens with zero attached hydrogens (tertiary/aromatic N) is 3. The maximum absolute atomic E-state index is 15.7. The number of carbonyl (C=O) groups excluding carboxylic acids is 2. The fraction of sp³-hybridized carbons (Fsp3) is 0.273. The first-order chi connectivity index (χ1) is 21.0. The van der Waals surface area contributed by atoms with Gasteiger partial charge < -0.3 is 15.4 Å². The molecule has 2 amide bonds. The molecule has 3 aromatic carbocycles. The maximum atomic E-state index is 15.7. The highest BCUT2D eigenvalue weighted by atomic mass is 19.1. The zero-order valence-electron chi connectivity index (χ0n) is 23.2. The smallest absolute Gasteiger partial charge is 0.269 e. The molecule has 0 radical (unpaired) electrons. The van der Waals surface area contributed by atoms with Gasteiger partial charge in [0.2, 0.25) is 6.17 Å². The van der Waals surface area contributed by atoms with Crippen LogP contribution >= 0.6 is 0 Å². The Hall–Kier alpha value is -4.70. The van der Waals surface area contributed by atoms with E-state index < -0.39 is 29.6 Å². The number of aliphatic imine (C=N–C) groups is 1. The Bertz CT molecular complexity index is 1740. The van der Waals surface area contributed by atoms with E-state index in [1.807, 2.05) is 24.3 Å². The molecule has 43 heavy (non-hydrogen) atoms. The molecule has 0 spiro atoms. The highest BCUT2D eigenvalue weighted by molar-refractivity contribution is 6.20. The van der Waals surface area contributed by atoms with Gasteiger partial charge >= 0.3 is 0 Å². The predicted octanol–water partition coefficient (Wildman–Crippen LogP) is 5.60. The van der Waals surface area contributed by atoms with Crippen LogP contribution in [0.2, 0.25) is 0 Å². The molecule has 3 heterocycles. The number of hydrogen-bond acceptors (Lipinski definition) is 5. The third-order valence-electron chi connectivity index (χ3n) is 8.21. The van der Waals surface area contributed by atoms with Crippen LogP contribution in [0.5, 0.6) is 0 Å². The molecular weight excluding hydrogens is 552 g/mol. The van der Waals surface area contributed by atoms with Crippen molar-refractivity contribution in [1.29, 1.82) is 0 Å². The second-order valence-corrected chi connectivity index (χ2v) is 11.1. The van der Waals surface area contributed by atoms with Crippen molar-refractivity contribution in [2.45, 2.75) is 43.8 Å². The summed E-state index contributed by atoms with van der Waals surface area (Å²) in [6.45, 7) is 1.07. The number of benzene rings is 3. The lowest BCUT2D eigenvalue weighted by molar-refractivity contribution is -0.117. The minimum Gasteiger partial charge on any atom is -0.381 e. The minimum absolute atomic E-state index is 0.0160. The van der Waals surface area contributed by atoms with E-state index >= 15 is 4.39 Å². The number of anilines is 1. The lowest BCUT2D eigenvalue weighted by atomic mass is 10.0. The number of para-hydroxylation sites is 1. The summed E-state index contributed by atoms with van der Waals surface area (Å²) in [6.07, 6.45) is 3.41. The number of benzodiazepines with no additional fused rings is 1. The van der Waals surface area contributed by atoms with Crippen LogP contribution in [0, 0.1) is 11.6 Å². The Kier molecular flexibility index (Phi) is 7.06. The van der Waals surface area contributed by atoms with E-state index in [0.29, 0.717) is 54.5 Å². The third kappa shape index (κ3) is 5.23. The van der Waals surface area contributed by atoms with Crippen LogP contribution < -0.4 is 10.6 Å². The van der Waals surface area contributed by atoms with Gasteiger partial charge in [-0.25, -0.2) is 13.8 Å². The van der Waals surface area contributed by atoms with Crippen LogP contribution in [-0.4, -0.2) is 46.7 Å². The number of amides is 2. The van der Waals surface area contributed by atoms with Crippen LogP contribution in [0.1, 0.15) is 64.7 Å². The molecule has 7 rings (SSSR count). The highest BCUT2D eigenvalue weighted by Gasteiger charge is 2.32. The molecule has 0 bridgehead atoms. The van der Waals surface area contributed by atoms with Gasteiger partial charge in [0, 0.05) is 29.9 Å². The Morgan fingerprint density at radius 1 is 0.930 bits per heavy atom. The molecule has 3 aliphatic rings. The molecule has 1 saturated carbocycles. The molecule has 2 fully saturated rings. The summed E-state index contributed by atoms with van der Waals surface area (Å²) in [5.74, 6) is -2.04. The van der Waals surface area contributed by atoms with Crippen LogP contribution in [0.15, 0.2) is 77.9 Å². The lowest BCUT2D eigenvalue weighted by Crippen LogP contribution is -2.42. The van der Waals surface area contributed by atoms with Crippen molar-refractivity contribution in [2.75, 3.05) is 18.5 Å². The molecule has 4 aromatic rings. The van der Waals surface area contributed by atoms with Gasteiger partial charge in [-0.1, -0.05) is 48.5 Å². The zero-order chi connectivity index (χ0) is 29.5. The van der Waals surface area contributed by atoms with Gasteiger partial charge in [-0.15, -0.1) is 0 Å². The van der Waals surface area contributed by atoms with Gasteiger partial charge in [0.05, 0.1) is 34.9 Å². The number of carbonyl (C=O) groups is 2. The van der Waals surface area contributed by atoms with Crippen LogP contribution in [-0.2, 0) is 9.53 Å². The van der Waals surface area contributed by atoms with Gasteiger partial charge in [-0.2, -0.15) is 5.10 Å². The van der Waals surface area contributed by atoms with Crippen molar-refractivity contribution in [3.05, 3.63) is 107 Å². The normalized spacial score (nSPS) is 18.8. The topological polar surface area (TPSA) is 97.6 Å². The molecule has 1 saturated heterocycles. The standard InChI is InChI=1S/C33H29F2N5O3/c34-26-8-4-7-24-28(20-5-2-1-3-6-20)37-31(33(42)38-29(24)26)39-32(41)25-18-36-40(22-13-15-43-16-14-22)30(25)23-12-11-21(17-27(23)35)19-9-10-19/h1-8,11-12,17-19,22,31H,9-10,13-16H2,(H,38,42)(H,39,41)/t31-/m1/s1. The summed E-state index contributed by atoms with van der Waals surface area (Å²) in [5, 5.41) is 9.83. The van der Waals surface area contributed by atoms with Crippen molar-refractivity contribution in [2.24, 2.45) is 4.99 Å². The van der Waals surface area contributed by atoms with E-state index in [2.05, 4.69) is 20.7 Å². The first kappa shape index (κ1) is 27.2. The second-order valence-electron chi connectivity index (χ2n) is 11.1.